The quantitative estimate of drug-likeness (QED) is 0.519. The Morgan fingerprint density at radius 1 is 1.26 bits per heavy atom. The van der Waals surface area contributed by atoms with E-state index in [4.69, 9.17) is 10.5 Å². The Bertz CT molecular complexity index is 1170. The van der Waals surface area contributed by atoms with Gasteiger partial charge in [-0.25, -0.2) is 14.2 Å². The maximum Gasteiger partial charge on any atom is 0.405 e. The number of benzene rings is 2. The molecule has 1 aliphatic rings. The number of nitrogens with zero attached hydrogens (tertiary/aromatic N) is 3. The Balaban J connectivity index is 1.73. The lowest BCUT2D eigenvalue weighted by molar-refractivity contribution is -0.0766. The van der Waals surface area contributed by atoms with Crippen molar-refractivity contribution in [1.82, 2.24) is 9.55 Å². The van der Waals surface area contributed by atoms with Crippen LogP contribution in [0.4, 0.5) is 14.9 Å². The van der Waals surface area contributed by atoms with Gasteiger partial charge in [-0.15, -0.1) is 0 Å². The van der Waals surface area contributed by atoms with Gasteiger partial charge in [0.05, 0.1) is 30.5 Å². The van der Waals surface area contributed by atoms with Crippen LogP contribution in [0, 0.1) is 17.2 Å². The number of nitrogens with two attached hydrogens (primary N) is 1. The maximum absolute atomic E-state index is 13.8. The van der Waals surface area contributed by atoms with Crippen LogP contribution in [-0.4, -0.2) is 46.0 Å². The third-order valence-corrected chi connectivity index (χ3v) is 6.61. The van der Waals surface area contributed by atoms with Crippen molar-refractivity contribution >= 4 is 22.8 Å². The van der Waals surface area contributed by atoms with Gasteiger partial charge in [0.25, 0.3) is 0 Å². The molecule has 3 N–H and O–H groups in total. The molecule has 0 unspecified atom stereocenters. The van der Waals surface area contributed by atoms with Crippen molar-refractivity contribution in [3.05, 3.63) is 60.2 Å². The van der Waals surface area contributed by atoms with Gasteiger partial charge in [-0.2, -0.15) is 0 Å². The third kappa shape index (κ3) is 5.01. The van der Waals surface area contributed by atoms with Crippen molar-refractivity contribution in [1.29, 1.82) is 0 Å². The molecule has 1 aromatic heterocycles. The second-order valence-electron chi connectivity index (χ2n) is 10.4. The number of rotatable bonds is 8. The SMILES string of the molecule is CC(C)(C)C[C@@H](Cn1cnc2ccccc21)[C@](CO)(CN1CCc2cc(F)ccc21)OC(N)=O. The number of aliphatic hydroxyl groups is 1. The Kier molecular flexibility index (Phi) is 6.53. The van der Waals surface area contributed by atoms with Crippen LogP contribution >= 0.6 is 0 Å². The van der Waals surface area contributed by atoms with Gasteiger partial charge in [-0.1, -0.05) is 32.9 Å². The van der Waals surface area contributed by atoms with Crippen LogP contribution in [0.3, 0.4) is 0 Å². The molecule has 2 heterocycles. The molecule has 0 radical (unpaired) electrons. The van der Waals surface area contributed by atoms with Crippen LogP contribution < -0.4 is 10.6 Å². The fourth-order valence-electron chi connectivity index (χ4n) is 5.13. The van der Waals surface area contributed by atoms with Crippen LogP contribution in [0.1, 0.15) is 32.8 Å². The molecule has 0 aliphatic carbocycles. The fraction of sp³-hybridized carbons (Fsp3) is 0.462. The first-order valence-electron chi connectivity index (χ1n) is 11.6. The summed E-state index contributed by atoms with van der Waals surface area (Å²) >= 11 is 0. The molecule has 4 rings (SSSR count). The summed E-state index contributed by atoms with van der Waals surface area (Å²) in [4.78, 5) is 18.7. The topological polar surface area (TPSA) is 93.6 Å². The van der Waals surface area contributed by atoms with Crippen LogP contribution in [0.25, 0.3) is 11.0 Å². The highest BCUT2D eigenvalue weighted by atomic mass is 19.1. The zero-order valence-corrected chi connectivity index (χ0v) is 20.0. The van der Waals surface area contributed by atoms with Crippen molar-refractivity contribution in [2.24, 2.45) is 17.1 Å². The zero-order valence-electron chi connectivity index (χ0n) is 20.0. The molecule has 0 saturated heterocycles. The Hall–Kier alpha value is -3.13. The smallest absolute Gasteiger partial charge is 0.405 e. The molecular formula is C26H33FN4O3. The summed E-state index contributed by atoms with van der Waals surface area (Å²) < 4.78 is 21.6. The number of aliphatic hydroxyl groups excluding tert-OH is 1. The molecule has 2 atom stereocenters. The van der Waals surface area contributed by atoms with E-state index < -0.39 is 18.3 Å². The number of carbonyl (C=O) groups excluding carboxylic acids is 1. The summed E-state index contributed by atoms with van der Waals surface area (Å²) in [6.07, 6.45) is 2.20. The van der Waals surface area contributed by atoms with Crippen LogP contribution in [0.2, 0.25) is 0 Å². The minimum Gasteiger partial charge on any atom is -0.438 e. The first kappa shape index (κ1) is 24.0. The molecule has 1 amide bonds. The lowest BCUT2D eigenvalue weighted by Gasteiger charge is -2.43. The summed E-state index contributed by atoms with van der Waals surface area (Å²) in [7, 11) is 0. The molecule has 1 aliphatic heterocycles. The van der Waals surface area contributed by atoms with Gasteiger partial charge < -0.3 is 25.0 Å². The number of aromatic nitrogens is 2. The molecular weight excluding hydrogens is 435 g/mol. The Labute approximate surface area is 199 Å². The normalized spacial score (nSPS) is 16.3. The number of primary amides is 1. The molecule has 7 nitrogen and oxygen atoms in total. The van der Waals surface area contributed by atoms with E-state index in [2.05, 4.69) is 30.7 Å². The summed E-state index contributed by atoms with van der Waals surface area (Å²) in [5.41, 5.74) is 7.79. The minimum atomic E-state index is -1.26. The molecule has 182 valence electrons. The number of carbonyl (C=O) groups is 1. The number of para-hydroxylation sites is 2. The van der Waals surface area contributed by atoms with Crippen LogP contribution in [-0.2, 0) is 17.7 Å². The van der Waals surface area contributed by atoms with E-state index in [1.807, 2.05) is 28.8 Å². The van der Waals surface area contributed by atoms with E-state index in [9.17, 15) is 14.3 Å². The van der Waals surface area contributed by atoms with E-state index in [-0.39, 0.29) is 23.7 Å². The molecule has 8 heteroatoms. The largest absolute Gasteiger partial charge is 0.438 e. The molecule has 2 aromatic carbocycles. The maximum atomic E-state index is 13.8. The van der Waals surface area contributed by atoms with Gasteiger partial charge in [0.1, 0.15) is 5.82 Å². The summed E-state index contributed by atoms with van der Waals surface area (Å²) in [6.45, 7) is 7.33. The summed E-state index contributed by atoms with van der Waals surface area (Å²) in [5.74, 6) is -0.549. The second-order valence-corrected chi connectivity index (χ2v) is 10.4. The van der Waals surface area contributed by atoms with E-state index in [1.54, 1.807) is 12.4 Å². The summed E-state index contributed by atoms with van der Waals surface area (Å²) in [6, 6.07) is 12.5. The van der Waals surface area contributed by atoms with Gasteiger partial charge in [0, 0.05) is 24.7 Å². The number of amides is 1. The Morgan fingerprint density at radius 2 is 2.03 bits per heavy atom. The van der Waals surface area contributed by atoms with Gasteiger partial charge >= 0.3 is 6.09 Å². The predicted molar refractivity (Wildman–Crippen MR) is 130 cm³/mol. The van der Waals surface area contributed by atoms with E-state index in [0.29, 0.717) is 25.9 Å². The van der Waals surface area contributed by atoms with Crippen molar-refractivity contribution in [2.75, 3.05) is 24.6 Å². The highest BCUT2D eigenvalue weighted by Gasteiger charge is 2.46. The van der Waals surface area contributed by atoms with Crippen molar-refractivity contribution in [3.8, 4) is 0 Å². The highest BCUT2D eigenvalue weighted by molar-refractivity contribution is 5.75. The van der Waals surface area contributed by atoms with Gasteiger partial charge in [-0.3, -0.25) is 0 Å². The van der Waals surface area contributed by atoms with E-state index in [1.165, 1.54) is 12.1 Å². The van der Waals surface area contributed by atoms with Crippen molar-refractivity contribution in [2.45, 2.75) is 45.8 Å². The van der Waals surface area contributed by atoms with Crippen LogP contribution in [0.15, 0.2) is 48.8 Å². The average molecular weight is 469 g/mol. The predicted octanol–water partition coefficient (Wildman–Crippen LogP) is 4.12. The van der Waals surface area contributed by atoms with Crippen LogP contribution in [0.5, 0.6) is 0 Å². The highest BCUT2D eigenvalue weighted by Crippen LogP contribution is 2.38. The molecule has 0 spiro atoms. The average Bonchev–Trinajstić information content (AvgIpc) is 3.35. The Morgan fingerprint density at radius 3 is 2.74 bits per heavy atom. The first-order chi connectivity index (χ1) is 16.1. The first-order valence-corrected chi connectivity index (χ1v) is 11.6. The molecule has 3 aromatic rings. The van der Waals surface area contributed by atoms with Crippen molar-refractivity contribution < 1.29 is 19.0 Å². The lowest BCUT2D eigenvalue weighted by Crippen LogP contribution is -2.56. The van der Waals surface area contributed by atoms with Crippen molar-refractivity contribution in [3.63, 3.8) is 0 Å². The van der Waals surface area contributed by atoms with Gasteiger partial charge in [0.15, 0.2) is 5.60 Å². The number of hydrogen-bond donors (Lipinski definition) is 2. The number of anilines is 1. The number of fused-ring (bicyclic) bond motifs is 2. The number of hydrogen-bond acceptors (Lipinski definition) is 5. The summed E-state index contributed by atoms with van der Waals surface area (Å²) in [5, 5.41) is 10.7. The minimum absolute atomic E-state index is 0.117. The van der Waals surface area contributed by atoms with Gasteiger partial charge in [-0.05, 0) is 54.2 Å². The number of ether oxygens (including phenoxy) is 1. The lowest BCUT2D eigenvalue weighted by atomic mass is 9.75. The number of imidazole rings is 1. The molecule has 34 heavy (non-hydrogen) atoms. The third-order valence-electron chi connectivity index (χ3n) is 6.61. The second kappa shape index (κ2) is 9.25. The van der Waals surface area contributed by atoms with E-state index >= 15 is 0 Å². The zero-order chi connectivity index (χ0) is 24.5. The monoisotopic (exact) mass is 468 g/mol. The molecule has 0 saturated carbocycles. The number of halogens is 1. The fourth-order valence-corrected chi connectivity index (χ4v) is 5.13. The standard InChI is InChI=1S/C26H33FN4O3/c1-25(2,3)13-19(14-31-17-29-21-6-4-5-7-23(21)31)26(16-32,34-24(28)33)15-30-11-10-18-12-20(27)8-9-22(18)30/h4-9,12,17,19,32H,10-11,13-16H2,1-3H3,(H2,28,33)/t19-,26+/m0/s1. The van der Waals surface area contributed by atoms with E-state index in [0.717, 1.165) is 22.3 Å². The molecule has 0 bridgehead atoms. The van der Waals surface area contributed by atoms with Gasteiger partial charge in [0.2, 0.25) is 0 Å². The molecule has 0 fully saturated rings.